The van der Waals surface area contributed by atoms with Crippen LogP contribution in [-0.4, -0.2) is 17.1 Å². The molecule has 0 bridgehead atoms. The number of nitrogens with one attached hydrogen (secondary N) is 2. The third-order valence-corrected chi connectivity index (χ3v) is 5.99. The normalized spacial score (nSPS) is 19.6. The minimum absolute atomic E-state index is 0.193. The lowest BCUT2D eigenvalue weighted by Crippen LogP contribution is -2.46. The van der Waals surface area contributed by atoms with Gasteiger partial charge in [0, 0.05) is 10.0 Å². The van der Waals surface area contributed by atoms with Crippen LogP contribution in [0.4, 0.5) is 0 Å². The Bertz CT molecular complexity index is 971. The van der Waals surface area contributed by atoms with Gasteiger partial charge in [-0.25, -0.2) is 0 Å². The molecular weight excluding hydrogens is 450 g/mol. The van der Waals surface area contributed by atoms with E-state index in [9.17, 15) is 4.79 Å². The Morgan fingerprint density at radius 1 is 1.14 bits per heavy atom. The van der Waals surface area contributed by atoms with Crippen molar-refractivity contribution >= 4 is 44.9 Å². The number of rotatable bonds is 5. The van der Waals surface area contributed by atoms with Crippen LogP contribution in [0.25, 0.3) is 5.70 Å². The third kappa shape index (κ3) is 4.31. The first-order valence-corrected chi connectivity index (χ1v) is 10.9. The highest BCUT2D eigenvalue weighted by Crippen LogP contribution is 2.38. The van der Waals surface area contributed by atoms with Gasteiger partial charge in [0.15, 0.2) is 5.11 Å². The fourth-order valence-electron chi connectivity index (χ4n) is 3.93. The van der Waals surface area contributed by atoms with Crippen molar-refractivity contribution in [2.45, 2.75) is 37.8 Å². The molecule has 150 valence electrons. The molecule has 1 atom stereocenters. The molecule has 1 heterocycles. The lowest BCUT2D eigenvalue weighted by atomic mass is 9.91. The van der Waals surface area contributed by atoms with Crippen LogP contribution in [0, 0.1) is 0 Å². The van der Waals surface area contributed by atoms with Crippen molar-refractivity contribution in [2.24, 2.45) is 5.73 Å². The van der Waals surface area contributed by atoms with Gasteiger partial charge in [0.1, 0.15) is 5.75 Å². The highest BCUT2D eigenvalue weighted by molar-refractivity contribution is 9.10. The van der Waals surface area contributed by atoms with Crippen molar-refractivity contribution < 1.29 is 9.53 Å². The van der Waals surface area contributed by atoms with Gasteiger partial charge in [0.05, 0.1) is 23.4 Å². The largest absolute Gasteiger partial charge is 0.490 e. The number of benzene rings is 2. The number of ether oxygens (including phenoxy) is 1. The predicted octanol–water partition coefficient (Wildman–Crippen LogP) is 4.19. The minimum Gasteiger partial charge on any atom is -0.490 e. The maximum absolute atomic E-state index is 12.6. The molecular formula is C22H22BrN3O2S. The van der Waals surface area contributed by atoms with Crippen LogP contribution >= 0.6 is 28.1 Å². The molecule has 0 saturated heterocycles. The van der Waals surface area contributed by atoms with Gasteiger partial charge in [0.25, 0.3) is 0 Å². The number of carbonyl (C=O) groups excluding carboxylic acids is 1. The summed E-state index contributed by atoms with van der Waals surface area (Å²) >= 11 is 9.00. The summed E-state index contributed by atoms with van der Waals surface area (Å²) in [5.74, 6) is 0.233. The van der Waals surface area contributed by atoms with Gasteiger partial charge < -0.3 is 21.1 Å². The van der Waals surface area contributed by atoms with Crippen LogP contribution < -0.4 is 21.1 Å². The summed E-state index contributed by atoms with van der Waals surface area (Å²) < 4.78 is 7.21. The number of nitrogens with two attached hydrogens (primary N) is 1. The summed E-state index contributed by atoms with van der Waals surface area (Å²) in [5.41, 5.74) is 8.58. The van der Waals surface area contributed by atoms with Gasteiger partial charge in [-0.15, -0.1) is 0 Å². The average Bonchev–Trinajstić information content (AvgIpc) is 3.22. The zero-order valence-corrected chi connectivity index (χ0v) is 18.2. The van der Waals surface area contributed by atoms with Crippen molar-refractivity contribution in [3.05, 3.63) is 69.7 Å². The highest BCUT2D eigenvalue weighted by Gasteiger charge is 2.33. The van der Waals surface area contributed by atoms with Gasteiger partial charge >= 0.3 is 0 Å². The maximum atomic E-state index is 12.6. The Morgan fingerprint density at radius 3 is 2.55 bits per heavy atom. The van der Waals surface area contributed by atoms with Crippen LogP contribution in [0.3, 0.4) is 0 Å². The second-order valence-electron chi connectivity index (χ2n) is 7.26. The molecule has 2 aromatic rings. The predicted molar refractivity (Wildman–Crippen MR) is 121 cm³/mol. The number of thiocarbonyl (C=S) groups is 1. The number of halogens is 1. The summed E-state index contributed by atoms with van der Waals surface area (Å²) in [5, 5.41) is 6.77. The molecule has 1 aliphatic heterocycles. The lowest BCUT2D eigenvalue weighted by molar-refractivity contribution is -0.114. The molecule has 0 aromatic heterocycles. The molecule has 1 amide bonds. The zero-order chi connectivity index (χ0) is 20.4. The summed E-state index contributed by atoms with van der Waals surface area (Å²) in [6.45, 7) is 0. The molecule has 0 unspecified atom stereocenters. The zero-order valence-electron chi connectivity index (χ0n) is 15.8. The molecule has 7 heteroatoms. The van der Waals surface area contributed by atoms with E-state index in [1.165, 1.54) is 12.8 Å². The van der Waals surface area contributed by atoms with E-state index in [4.69, 9.17) is 22.7 Å². The Morgan fingerprint density at radius 2 is 1.86 bits per heavy atom. The number of hydrogen-bond acceptors (Lipinski definition) is 3. The van der Waals surface area contributed by atoms with Gasteiger partial charge in [-0.2, -0.15) is 0 Å². The molecule has 1 saturated carbocycles. The van der Waals surface area contributed by atoms with Gasteiger partial charge in [-0.05, 0) is 61.7 Å². The fraction of sp³-hybridized carbons (Fsp3) is 0.273. The second kappa shape index (κ2) is 8.55. The first kappa shape index (κ1) is 19.9. The van der Waals surface area contributed by atoms with E-state index in [0.29, 0.717) is 16.4 Å². The number of primary amides is 1. The molecule has 0 spiro atoms. The van der Waals surface area contributed by atoms with E-state index in [1.54, 1.807) is 0 Å². The summed E-state index contributed by atoms with van der Waals surface area (Å²) in [7, 11) is 0. The van der Waals surface area contributed by atoms with Crippen LogP contribution in [0.2, 0.25) is 0 Å². The monoisotopic (exact) mass is 471 g/mol. The second-order valence-corrected chi connectivity index (χ2v) is 8.58. The molecule has 5 nitrogen and oxygen atoms in total. The first-order valence-electron chi connectivity index (χ1n) is 9.66. The quantitative estimate of drug-likeness (QED) is 0.570. The molecule has 29 heavy (non-hydrogen) atoms. The van der Waals surface area contributed by atoms with Crippen molar-refractivity contribution in [1.82, 2.24) is 10.6 Å². The van der Waals surface area contributed by atoms with Crippen molar-refractivity contribution in [3.8, 4) is 5.75 Å². The van der Waals surface area contributed by atoms with E-state index in [1.807, 2.05) is 48.5 Å². The summed E-state index contributed by atoms with van der Waals surface area (Å²) in [4.78, 5) is 12.6. The Kier molecular flexibility index (Phi) is 5.87. The van der Waals surface area contributed by atoms with Crippen LogP contribution in [-0.2, 0) is 4.79 Å². The summed E-state index contributed by atoms with van der Waals surface area (Å²) in [6, 6.07) is 14.9. The molecule has 2 aromatic carbocycles. The molecule has 1 fully saturated rings. The van der Waals surface area contributed by atoms with E-state index in [2.05, 4.69) is 26.6 Å². The van der Waals surface area contributed by atoms with Crippen molar-refractivity contribution in [3.63, 3.8) is 0 Å². The Labute approximate surface area is 183 Å². The molecule has 1 aliphatic carbocycles. The van der Waals surface area contributed by atoms with Crippen molar-refractivity contribution in [2.75, 3.05) is 0 Å². The summed E-state index contributed by atoms with van der Waals surface area (Å²) in [6.07, 6.45) is 4.63. The van der Waals surface area contributed by atoms with Gasteiger partial charge in [0.2, 0.25) is 5.91 Å². The van der Waals surface area contributed by atoms with E-state index < -0.39 is 11.9 Å². The van der Waals surface area contributed by atoms with E-state index in [0.717, 1.165) is 34.2 Å². The van der Waals surface area contributed by atoms with Gasteiger partial charge in [-0.3, -0.25) is 4.79 Å². The van der Waals surface area contributed by atoms with E-state index >= 15 is 0 Å². The molecule has 4 rings (SSSR count). The molecule has 2 aliphatic rings. The first-order chi connectivity index (χ1) is 14.0. The fourth-order valence-corrected chi connectivity index (χ4v) is 4.53. The van der Waals surface area contributed by atoms with Crippen LogP contribution in [0.15, 0.2) is 58.6 Å². The molecule has 4 N–H and O–H groups in total. The average molecular weight is 472 g/mol. The third-order valence-electron chi connectivity index (χ3n) is 5.28. The standard InChI is InChI=1S/C22H22BrN3O2S/c23-14-10-11-17(28-15-8-4-5-9-15)16(12-14)20-18(21(24)27)19(25-22(29)26-20)13-6-2-1-3-7-13/h1-3,6-7,10-12,15,20H,4-5,8-9H2,(H2,24,27)(H2,25,26,29)/t20-/m1/s1. The number of hydrogen-bond donors (Lipinski definition) is 3. The van der Waals surface area contributed by atoms with Crippen LogP contribution in [0.5, 0.6) is 5.75 Å². The lowest BCUT2D eigenvalue weighted by Gasteiger charge is -2.32. The van der Waals surface area contributed by atoms with Crippen LogP contribution in [0.1, 0.15) is 42.9 Å². The SMILES string of the molecule is NC(=O)C1=C(c2ccccc2)NC(=S)N[C@@H]1c1cc(Br)ccc1OC1CCCC1. The van der Waals surface area contributed by atoms with Gasteiger partial charge in [-0.1, -0.05) is 46.3 Å². The maximum Gasteiger partial charge on any atom is 0.249 e. The Balaban J connectivity index is 1.83. The highest BCUT2D eigenvalue weighted by atomic mass is 79.9. The minimum atomic E-state index is -0.511. The van der Waals surface area contributed by atoms with E-state index in [-0.39, 0.29) is 6.10 Å². The topological polar surface area (TPSA) is 76.4 Å². The molecule has 0 radical (unpaired) electrons. The number of carbonyl (C=O) groups is 1. The number of amides is 1. The van der Waals surface area contributed by atoms with Crippen molar-refractivity contribution in [1.29, 1.82) is 0 Å². The smallest absolute Gasteiger partial charge is 0.249 e. The Hall–Kier alpha value is -2.38.